The number of thioether (sulfide) groups is 1. The van der Waals surface area contributed by atoms with Gasteiger partial charge in [0.15, 0.2) is 0 Å². The lowest BCUT2D eigenvalue weighted by atomic mass is 10.2. The molecule has 0 aliphatic rings. The fourth-order valence-electron chi connectivity index (χ4n) is 3.32. The first-order chi connectivity index (χ1) is 15.4. The average Bonchev–Trinajstić information content (AvgIpc) is 2.79. The number of amides is 1. The summed E-state index contributed by atoms with van der Waals surface area (Å²) in [4.78, 5) is 19.9. The van der Waals surface area contributed by atoms with Gasteiger partial charge in [-0.05, 0) is 57.2 Å². The Balaban J connectivity index is 1.63. The Bertz CT molecular complexity index is 1130. The second-order valence-electron chi connectivity index (χ2n) is 7.14. The summed E-state index contributed by atoms with van der Waals surface area (Å²) in [5, 5.41) is 15.2. The van der Waals surface area contributed by atoms with E-state index in [1.54, 1.807) is 19.2 Å². The lowest BCUT2D eigenvalue weighted by Crippen LogP contribution is -2.21. The van der Waals surface area contributed by atoms with Crippen molar-refractivity contribution in [2.24, 2.45) is 5.10 Å². The minimum Gasteiger partial charge on any atom is -0.507 e. The summed E-state index contributed by atoms with van der Waals surface area (Å²) >= 11 is 1.41. The number of anilines is 1. The Hall–Kier alpha value is -3.26. The molecule has 1 heterocycles. The van der Waals surface area contributed by atoms with Gasteiger partial charge in [0, 0.05) is 46.4 Å². The second-order valence-corrected chi connectivity index (χ2v) is 8.16. The van der Waals surface area contributed by atoms with E-state index in [-0.39, 0.29) is 17.4 Å². The molecule has 0 saturated carbocycles. The molecule has 0 bridgehead atoms. The number of hydrogen-bond donors (Lipinski definition) is 2. The van der Waals surface area contributed by atoms with Crippen molar-refractivity contribution < 1.29 is 14.6 Å². The lowest BCUT2D eigenvalue weighted by Gasteiger charge is -2.21. The van der Waals surface area contributed by atoms with Crippen LogP contribution in [0.15, 0.2) is 52.5 Å². The maximum absolute atomic E-state index is 12.3. The molecule has 2 N–H and O–H groups in total. The first-order valence-electron chi connectivity index (χ1n) is 10.4. The van der Waals surface area contributed by atoms with E-state index in [2.05, 4.69) is 34.3 Å². The third-order valence-electron chi connectivity index (χ3n) is 5.00. The number of aromatic hydroxyl groups is 1. The van der Waals surface area contributed by atoms with Crippen LogP contribution < -0.4 is 15.1 Å². The molecule has 1 amide bonds. The van der Waals surface area contributed by atoms with Crippen LogP contribution >= 0.6 is 11.8 Å². The van der Waals surface area contributed by atoms with Gasteiger partial charge in [-0.25, -0.2) is 5.43 Å². The second kappa shape index (κ2) is 10.9. The molecule has 1 aromatic heterocycles. The number of phenolic OH excluding ortho intramolecular Hbond substituents is 1. The molecule has 8 heteroatoms. The third-order valence-corrected chi connectivity index (χ3v) is 6.06. The number of aromatic nitrogens is 1. The van der Waals surface area contributed by atoms with E-state index in [4.69, 9.17) is 4.74 Å². The van der Waals surface area contributed by atoms with Crippen molar-refractivity contribution in [3.8, 4) is 11.5 Å². The van der Waals surface area contributed by atoms with Crippen LogP contribution in [0.25, 0.3) is 10.9 Å². The highest BCUT2D eigenvalue weighted by Crippen LogP contribution is 2.30. The van der Waals surface area contributed by atoms with E-state index in [0.29, 0.717) is 5.56 Å². The predicted molar refractivity (Wildman–Crippen MR) is 131 cm³/mol. The number of ether oxygens (including phenoxy) is 1. The number of carbonyl (C=O) groups is 1. The van der Waals surface area contributed by atoms with Crippen LogP contribution in [0, 0.1) is 6.92 Å². The SMILES string of the molecule is CCN(CC)c1ccc(/C=N\NC(=O)CSc2cc(C)nc3ccc(OC)cc23)c(O)c1. The van der Waals surface area contributed by atoms with E-state index in [1.807, 2.05) is 37.3 Å². The zero-order chi connectivity index (χ0) is 23.1. The molecule has 0 fully saturated rings. The van der Waals surface area contributed by atoms with Gasteiger partial charge in [-0.15, -0.1) is 11.8 Å². The number of rotatable bonds is 9. The molecule has 0 spiro atoms. The molecule has 3 aromatic rings. The summed E-state index contributed by atoms with van der Waals surface area (Å²) < 4.78 is 5.31. The Morgan fingerprint density at radius 1 is 1.22 bits per heavy atom. The Labute approximate surface area is 192 Å². The first kappa shape index (κ1) is 23.4. The fourth-order valence-corrected chi connectivity index (χ4v) is 4.25. The number of hydrazone groups is 1. The van der Waals surface area contributed by atoms with Gasteiger partial charge in [-0.1, -0.05) is 0 Å². The molecule has 2 aromatic carbocycles. The molecule has 0 unspecified atom stereocenters. The topological polar surface area (TPSA) is 87.1 Å². The standard InChI is InChI=1S/C24H28N4O3S/c1-5-28(6-2)18-8-7-17(22(29)12-18)14-25-27-24(30)15-32-23-11-16(3)26-21-10-9-19(31-4)13-20(21)23/h7-14,29H,5-6,15H2,1-4H3,(H,27,30)/b25-14-. The first-order valence-corrected chi connectivity index (χ1v) is 11.4. The number of benzene rings is 2. The monoisotopic (exact) mass is 452 g/mol. The quantitative estimate of drug-likeness (QED) is 0.285. The molecular weight excluding hydrogens is 424 g/mol. The zero-order valence-electron chi connectivity index (χ0n) is 18.8. The number of aryl methyl sites for hydroxylation is 1. The molecule has 0 aliphatic heterocycles. The fraction of sp³-hybridized carbons (Fsp3) is 0.292. The van der Waals surface area contributed by atoms with Crippen LogP contribution in [0.2, 0.25) is 0 Å². The summed E-state index contributed by atoms with van der Waals surface area (Å²) in [7, 11) is 1.62. The summed E-state index contributed by atoms with van der Waals surface area (Å²) in [6.45, 7) is 7.77. The van der Waals surface area contributed by atoms with Gasteiger partial charge >= 0.3 is 0 Å². The Kier molecular flexibility index (Phi) is 7.94. The van der Waals surface area contributed by atoms with Crippen molar-refractivity contribution in [3.63, 3.8) is 0 Å². The number of hydrogen-bond acceptors (Lipinski definition) is 7. The number of fused-ring (bicyclic) bond motifs is 1. The number of nitrogens with one attached hydrogen (secondary N) is 1. The van der Waals surface area contributed by atoms with Gasteiger partial charge in [0.2, 0.25) is 5.91 Å². The van der Waals surface area contributed by atoms with Gasteiger partial charge < -0.3 is 14.7 Å². The van der Waals surface area contributed by atoms with E-state index in [1.165, 1.54) is 18.0 Å². The van der Waals surface area contributed by atoms with Crippen LogP contribution in [0.1, 0.15) is 25.1 Å². The minimum atomic E-state index is -0.240. The van der Waals surface area contributed by atoms with Gasteiger partial charge in [-0.3, -0.25) is 9.78 Å². The third kappa shape index (κ3) is 5.70. The van der Waals surface area contributed by atoms with Crippen molar-refractivity contribution in [2.75, 3.05) is 30.9 Å². The van der Waals surface area contributed by atoms with Gasteiger partial charge in [0.25, 0.3) is 0 Å². The Morgan fingerprint density at radius 3 is 2.69 bits per heavy atom. The molecule has 0 radical (unpaired) electrons. The van der Waals surface area contributed by atoms with Crippen molar-refractivity contribution in [1.29, 1.82) is 0 Å². The highest BCUT2D eigenvalue weighted by molar-refractivity contribution is 8.00. The van der Waals surface area contributed by atoms with Gasteiger partial charge in [0.05, 0.1) is 24.6 Å². The molecule has 32 heavy (non-hydrogen) atoms. The summed E-state index contributed by atoms with van der Waals surface area (Å²) in [6, 6.07) is 13.1. The smallest absolute Gasteiger partial charge is 0.250 e. The lowest BCUT2D eigenvalue weighted by molar-refractivity contribution is -0.118. The van der Waals surface area contributed by atoms with Crippen LogP contribution in [0.4, 0.5) is 5.69 Å². The molecule has 168 valence electrons. The van der Waals surface area contributed by atoms with E-state index in [0.717, 1.165) is 46.0 Å². The molecule has 7 nitrogen and oxygen atoms in total. The largest absolute Gasteiger partial charge is 0.507 e. The van der Waals surface area contributed by atoms with Crippen molar-refractivity contribution in [1.82, 2.24) is 10.4 Å². The molecular formula is C24H28N4O3S. The molecule has 0 aliphatic carbocycles. The van der Waals surface area contributed by atoms with Crippen molar-refractivity contribution in [2.45, 2.75) is 25.7 Å². The van der Waals surface area contributed by atoms with E-state index >= 15 is 0 Å². The number of phenols is 1. The van der Waals surface area contributed by atoms with E-state index < -0.39 is 0 Å². The highest BCUT2D eigenvalue weighted by Gasteiger charge is 2.10. The van der Waals surface area contributed by atoms with E-state index in [9.17, 15) is 9.90 Å². The number of carbonyl (C=O) groups excluding carboxylic acids is 1. The summed E-state index contributed by atoms with van der Waals surface area (Å²) in [5.41, 5.74) is 5.74. The van der Waals surface area contributed by atoms with Crippen LogP contribution in [0.5, 0.6) is 11.5 Å². The summed E-state index contributed by atoms with van der Waals surface area (Å²) in [6.07, 6.45) is 1.45. The minimum absolute atomic E-state index is 0.120. The highest BCUT2D eigenvalue weighted by atomic mass is 32.2. The summed E-state index contributed by atoms with van der Waals surface area (Å²) in [5.74, 6) is 0.816. The number of pyridine rings is 1. The van der Waals surface area contributed by atoms with Crippen molar-refractivity contribution >= 4 is 40.5 Å². The molecule has 0 atom stereocenters. The van der Waals surface area contributed by atoms with Gasteiger partial charge in [-0.2, -0.15) is 5.10 Å². The van der Waals surface area contributed by atoms with Crippen LogP contribution in [-0.2, 0) is 4.79 Å². The van der Waals surface area contributed by atoms with Gasteiger partial charge in [0.1, 0.15) is 11.5 Å². The Morgan fingerprint density at radius 2 is 2.00 bits per heavy atom. The van der Waals surface area contributed by atoms with Crippen LogP contribution in [0.3, 0.4) is 0 Å². The van der Waals surface area contributed by atoms with Crippen molar-refractivity contribution in [3.05, 3.63) is 53.7 Å². The maximum atomic E-state index is 12.3. The number of nitrogens with zero attached hydrogens (tertiary/aromatic N) is 3. The molecule has 3 rings (SSSR count). The number of methoxy groups -OCH3 is 1. The average molecular weight is 453 g/mol. The predicted octanol–water partition coefficient (Wildman–Crippen LogP) is 4.35. The van der Waals surface area contributed by atoms with Crippen LogP contribution in [-0.4, -0.2) is 48.2 Å². The maximum Gasteiger partial charge on any atom is 0.250 e. The normalized spacial score (nSPS) is 11.1. The molecule has 0 saturated heterocycles. The zero-order valence-corrected chi connectivity index (χ0v) is 19.6.